The van der Waals surface area contributed by atoms with Gasteiger partial charge in [0.25, 0.3) is 5.91 Å². The number of aromatic nitrogens is 1. The lowest BCUT2D eigenvalue weighted by atomic mass is 10.1. The molecule has 29 heavy (non-hydrogen) atoms. The van der Waals surface area contributed by atoms with E-state index in [4.69, 9.17) is 4.74 Å². The summed E-state index contributed by atoms with van der Waals surface area (Å²) in [5, 5.41) is 5.09. The van der Waals surface area contributed by atoms with Crippen LogP contribution in [0.15, 0.2) is 53.9 Å². The largest absolute Gasteiger partial charge is 0.491 e. The van der Waals surface area contributed by atoms with Gasteiger partial charge in [0.05, 0.1) is 18.1 Å². The van der Waals surface area contributed by atoms with Crippen molar-refractivity contribution in [2.75, 3.05) is 16.3 Å². The number of carbonyl (C=O) groups excluding carboxylic acids is 1. The van der Waals surface area contributed by atoms with Crippen molar-refractivity contribution in [1.82, 2.24) is 4.98 Å². The third kappa shape index (κ3) is 6.03. The maximum absolute atomic E-state index is 12.4. The van der Waals surface area contributed by atoms with E-state index in [9.17, 15) is 13.2 Å². The van der Waals surface area contributed by atoms with Gasteiger partial charge in [-0.2, -0.15) is 0 Å². The minimum atomic E-state index is -3.32. The van der Waals surface area contributed by atoms with Crippen molar-refractivity contribution >= 4 is 38.1 Å². The van der Waals surface area contributed by atoms with Gasteiger partial charge in [0.1, 0.15) is 5.75 Å². The normalized spacial score (nSPS) is 11.3. The van der Waals surface area contributed by atoms with E-state index in [1.54, 1.807) is 48.5 Å². The zero-order valence-electron chi connectivity index (χ0n) is 16.2. The molecule has 1 heterocycles. The summed E-state index contributed by atoms with van der Waals surface area (Å²) in [4.78, 5) is 16.9. The Morgan fingerprint density at radius 2 is 1.72 bits per heavy atom. The number of benzene rings is 2. The van der Waals surface area contributed by atoms with Crippen LogP contribution in [0.2, 0.25) is 0 Å². The number of anilines is 2. The molecule has 0 atom stereocenters. The number of hydrogen-bond acceptors (Lipinski definition) is 6. The van der Waals surface area contributed by atoms with E-state index in [0.717, 1.165) is 11.8 Å². The predicted octanol–water partition coefficient (Wildman–Crippen LogP) is 4.22. The second kappa shape index (κ2) is 8.62. The lowest BCUT2D eigenvalue weighted by Gasteiger charge is -2.09. The van der Waals surface area contributed by atoms with Crippen LogP contribution < -0.4 is 14.8 Å². The van der Waals surface area contributed by atoms with Gasteiger partial charge in [-0.3, -0.25) is 14.8 Å². The predicted molar refractivity (Wildman–Crippen MR) is 116 cm³/mol. The van der Waals surface area contributed by atoms with Gasteiger partial charge in [-0.1, -0.05) is 12.1 Å². The molecule has 0 radical (unpaired) electrons. The number of rotatable bonds is 7. The van der Waals surface area contributed by atoms with Gasteiger partial charge in [0.15, 0.2) is 5.13 Å². The first-order valence-electron chi connectivity index (χ1n) is 8.81. The Balaban J connectivity index is 1.66. The monoisotopic (exact) mass is 431 g/mol. The summed E-state index contributed by atoms with van der Waals surface area (Å²) >= 11 is 1.31. The van der Waals surface area contributed by atoms with Crippen molar-refractivity contribution in [3.63, 3.8) is 0 Å². The summed E-state index contributed by atoms with van der Waals surface area (Å²) in [5.41, 5.74) is 2.49. The van der Waals surface area contributed by atoms with Crippen LogP contribution in [0.25, 0.3) is 11.3 Å². The maximum Gasteiger partial charge on any atom is 0.257 e. The smallest absolute Gasteiger partial charge is 0.257 e. The van der Waals surface area contributed by atoms with E-state index in [-0.39, 0.29) is 12.0 Å². The van der Waals surface area contributed by atoms with Crippen molar-refractivity contribution in [2.45, 2.75) is 20.0 Å². The van der Waals surface area contributed by atoms with Crippen LogP contribution in [0.3, 0.4) is 0 Å². The Bertz CT molecular complexity index is 1090. The molecule has 0 aliphatic rings. The lowest BCUT2D eigenvalue weighted by Crippen LogP contribution is -2.12. The Hall–Kier alpha value is -2.91. The minimum Gasteiger partial charge on any atom is -0.491 e. The van der Waals surface area contributed by atoms with Crippen LogP contribution in [-0.4, -0.2) is 31.7 Å². The molecule has 7 nitrogen and oxygen atoms in total. The molecular formula is C20H21N3O4S2. The molecule has 0 aliphatic carbocycles. The number of hydrogen-bond donors (Lipinski definition) is 2. The van der Waals surface area contributed by atoms with Crippen LogP contribution in [0.1, 0.15) is 24.2 Å². The van der Waals surface area contributed by atoms with Gasteiger partial charge in [0.2, 0.25) is 10.0 Å². The molecule has 2 N–H and O–H groups in total. The van der Waals surface area contributed by atoms with Crippen LogP contribution in [0.5, 0.6) is 5.75 Å². The molecule has 0 saturated heterocycles. The van der Waals surface area contributed by atoms with E-state index >= 15 is 0 Å². The fourth-order valence-electron chi connectivity index (χ4n) is 2.51. The molecule has 2 aromatic carbocycles. The van der Waals surface area contributed by atoms with E-state index in [1.165, 1.54) is 11.3 Å². The van der Waals surface area contributed by atoms with Crippen LogP contribution >= 0.6 is 11.3 Å². The Labute approximate surface area is 173 Å². The summed E-state index contributed by atoms with van der Waals surface area (Å²) in [6.45, 7) is 3.88. The van der Waals surface area contributed by atoms with Crippen molar-refractivity contribution in [3.8, 4) is 17.0 Å². The van der Waals surface area contributed by atoms with Crippen molar-refractivity contribution in [1.29, 1.82) is 0 Å². The molecule has 0 aliphatic heterocycles. The first-order valence-corrected chi connectivity index (χ1v) is 11.6. The summed E-state index contributed by atoms with van der Waals surface area (Å²) in [6.07, 6.45) is 1.17. The molecule has 0 saturated carbocycles. The maximum atomic E-state index is 12.4. The fourth-order valence-corrected chi connectivity index (χ4v) is 3.79. The number of nitrogens with zero attached hydrogens (tertiary/aromatic N) is 1. The van der Waals surface area contributed by atoms with Gasteiger partial charge >= 0.3 is 0 Å². The molecule has 0 spiro atoms. The molecule has 9 heteroatoms. The van der Waals surface area contributed by atoms with E-state index in [2.05, 4.69) is 15.0 Å². The second-order valence-electron chi connectivity index (χ2n) is 6.63. The van der Waals surface area contributed by atoms with Crippen LogP contribution in [0, 0.1) is 0 Å². The molecule has 0 bridgehead atoms. The van der Waals surface area contributed by atoms with E-state index in [0.29, 0.717) is 27.8 Å². The molecule has 0 fully saturated rings. The molecule has 3 aromatic rings. The first kappa shape index (κ1) is 20.8. The van der Waals surface area contributed by atoms with Gasteiger partial charge < -0.3 is 4.74 Å². The molecule has 1 amide bonds. The zero-order valence-corrected chi connectivity index (χ0v) is 17.8. The minimum absolute atomic E-state index is 0.0691. The first-order chi connectivity index (χ1) is 13.7. The third-order valence-electron chi connectivity index (χ3n) is 3.70. The van der Waals surface area contributed by atoms with Gasteiger partial charge in [0, 0.05) is 22.2 Å². The zero-order chi connectivity index (χ0) is 21.0. The number of ether oxygens (including phenoxy) is 1. The second-order valence-corrected chi connectivity index (χ2v) is 9.24. The molecule has 1 aromatic heterocycles. The topological polar surface area (TPSA) is 97.4 Å². The molecular weight excluding hydrogens is 410 g/mol. The molecule has 152 valence electrons. The summed E-state index contributed by atoms with van der Waals surface area (Å²) in [7, 11) is -3.32. The van der Waals surface area contributed by atoms with E-state index < -0.39 is 10.0 Å². The SMILES string of the molecule is CC(C)Oc1ccc(C(=O)Nc2nc(-c3ccc(NS(C)(=O)=O)cc3)cs2)cc1. The lowest BCUT2D eigenvalue weighted by molar-refractivity contribution is 0.102. The highest BCUT2D eigenvalue weighted by atomic mass is 32.2. The standard InChI is InChI=1S/C20H21N3O4S2/c1-13(2)27-17-10-6-15(7-11-17)19(24)22-20-21-18(12-28-20)14-4-8-16(9-5-14)23-29(3,25)26/h4-13,23H,1-3H3,(H,21,22,24). The molecule has 3 rings (SSSR count). The quantitative estimate of drug-likeness (QED) is 0.584. The highest BCUT2D eigenvalue weighted by Gasteiger charge is 2.11. The number of nitrogens with one attached hydrogen (secondary N) is 2. The summed E-state index contributed by atoms with van der Waals surface area (Å²) in [6, 6.07) is 13.8. The highest BCUT2D eigenvalue weighted by Crippen LogP contribution is 2.26. The Morgan fingerprint density at radius 1 is 1.07 bits per heavy atom. The van der Waals surface area contributed by atoms with Crippen molar-refractivity contribution in [3.05, 3.63) is 59.5 Å². The fraction of sp³-hybridized carbons (Fsp3) is 0.200. The third-order valence-corrected chi connectivity index (χ3v) is 5.06. The number of thiazole rings is 1. The number of amides is 1. The Morgan fingerprint density at radius 3 is 2.31 bits per heavy atom. The van der Waals surface area contributed by atoms with Crippen molar-refractivity contribution in [2.24, 2.45) is 0 Å². The van der Waals surface area contributed by atoms with Crippen LogP contribution in [-0.2, 0) is 10.0 Å². The summed E-state index contributed by atoms with van der Waals surface area (Å²) in [5.74, 6) is 0.455. The molecule has 0 unspecified atom stereocenters. The number of sulfonamides is 1. The van der Waals surface area contributed by atoms with Crippen LogP contribution in [0.4, 0.5) is 10.8 Å². The Kier molecular flexibility index (Phi) is 6.19. The van der Waals surface area contributed by atoms with Gasteiger partial charge in [-0.05, 0) is 50.2 Å². The highest BCUT2D eigenvalue weighted by molar-refractivity contribution is 7.92. The number of carbonyl (C=O) groups is 1. The van der Waals surface area contributed by atoms with Gasteiger partial charge in [-0.15, -0.1) is 11.3 Å². The average Bonchev–Trinajstić information content (AvgIpc) is 3.09. The van der Waals surface area contributed by atoms with Gasteiger partial charge in [-0.25, -0.2) is 13.4 Å². The summed E-state index contributed by atoms with van der Waals surface area (Å²) < 4.78 is 30.5. The van der Waals surface area contributed by atoms with Crippen molar-refractivity contribution < 1.29 is 17.9 Å². The average molecular weight is 432 g/mol. The van der Waals surface area contributed by atoms with E-state index in [1.807, 2.05) is 19.2 Å².